The Labute approximate surface area is 110 Å². The Morgan fingerprint density at radius 3 is 3.17 bits per heavy atom. The molecule has 2 aromatic rings. The van der Waals surface area contributed by atoms with Gasteiger partial charge < -0.3 is 9.72 Å². The molecule has 1 N–H and O–H groups in total. The third-order valence-corrected chi connectivity index (χ3v) is 3.74. The van der Waals surface area contributed by atoms with E-state index < -0.39 is 0 Å². The Hall–Kier alpha value is -1.26. The van der Waals surface area contributed by atoms with Crippen LogP contribution in [0.1, 0.15) is 12.8 Å². The number of benzene rings is 1. The van der Waals surface area contributed by atoms with Gasteiger partial charge in [-0.2, -0.15) is 0 Å². The molecule has 18 heavy (non-hydrogen) atoms. The first kappa shape index (κ1) is 11.8. The summed E-state index contributed by atoms with van der Waals surface area (Å²) in [6.45, 7) is 2.23. The van der Waals surface area contributed by atoms with Gasteiger partial charge in [-0.3, -0.25) is 4.57 Å². The molecule has 0 spiro atoms. The van der Waals surface area contributed by atoms with E-state index in [1.165, 1.54) is 0 Å². The van der Waals surface area contributed by atoms with Crippen LogP contribution < -0.4 is 5.69 Å². The summed E-state index contributed by atoms with van der Waals surface area (Å²) in [6.07, 6.45) is 2.17. The zero-order chi connectivity index (χ0) is 12.5. The van der Waals surface area contributed by atoms with Crippen LogP contribution in [0.25, 0.3) is 11.0 Å². The van der Waals surface area contributed by atoms with E-state index in [2.05, 4.69) is 4.98 Å². The molecule has 1 aromatic heterocycles. The second-order valence-corrected chi connectivity index (χ2v) is 5.17. The summed E-state index contributed by atoms with van der Waals surface area (Å²) in [4.78, 5) is 14.8. The first-order valence-electron chi connectivity index (χ1n) is 6.20. The summed E-state index contributed by atoms with van der Waals surface area (Å²) in [5, 5.41) is 0.613. The number of rotatable bonds is 2. The van der Waals surface area contributed by atoms with Crippen LogP contribution in [0.3, 0.4) is 0 Å². The average Bonchev–Trinajstić information content (AvgIpc) is 2.69. The van der Waals surface area contributed by atoms with E-state index in [1.54, 1.807) is 4.57 Å². The minimum absolute atomic E-state index is 0.0938. The highest BCUT2D eigenvalue weighted by Crippen LogP contribution is 2.23. The fraction of sp³-hybridized carbons (Fsp3) is 0.462. The highest BCUT2D eigenvalue weighted by molar-refractivity contribution is 6.34. The van der Waals surface area contributed by atoms with Crippen LogP contribution in [0.15, 0.2) is 23.0 Å². The number of aromatic nitrogens is 2. The molecule has 1 unspecified atom stereocenters. The van der Waals surface area contributed by atoms with Crippen molar-refractivity contribution in [1.82, 2.24) is 9.55 Å². The van der Waals surface area contributed by atoms with Crippen molar-refractivity contribution in [3.63, 3.8) is 0 Å². The van der Waals surface area contributed by atoms with E-state index in [1.807, 2.05) is 18.2 Å². The number of nitrogens with one attached hydrogen (secondary N) is 1. The molecule has 1 aliphatic rings. The number of aromatic amines is 1. The molecule has 0 aliphatic carbocycles. The SMILES string of the molecule is O=c1[nH]c2cccc(Cl)c2n1CC1CCCOC1. The lowest BCUT2D eigenvalue weighted by atomic mass is 10.0. The second-order valence-electron chi connectivity index (χ2n) is 4.76. The van der Waals surface area contributed by atoms with Gasteiger partial charge in [-0.15, -0.1) is 0 Å². The van der Waals surface area contributed by atoms with Gasteiger partial charge in [0.05, 0.1) is 22.7 Å². The number of para-hydroxylation sites is 1. The molecule has 96 valence electrons. The molecular weight excluding hydrogens is 252 g/mol. The molecule has 0 radical (unpaired) electrons. The summed E-state index contributed by atoms with van der Waals surface area (Å²) in [5.74, 6) is 0.395. The molecule has 1 aliphatic heterocycles. The predicted molar refractivity (Wildman–Crippen MR) is 71.1 cm³/mol. The lowest BCUT2D eigenvalue weighted by Gasteiger charge is -2.22. The monoisotopic (exact) mass is 266 g/mol. The van der Waals surface area contributed by atoms with Crippen molar-refractivity contribution < 1.29 is 4.74 Å². The summed E-state index contributed by atoms with van der Waals surface area (Å²) >= 11 is 6.18. The van der Waals surface area contributed by atoms with Crippen molar-refractivity contribution in [1.29, 1.82) is 0 Å². The van der Waals surface area contributed by atoms with Gasteiger partial charge >= 0.3 is 5.69 Å². The minimum atomic E-state index is -0.0938. The maximum absolute atomic E-state index is 12.0. The van der Waals surface area contributed by atoms with Crippen LogP contribution in [0.4, 0.5) is 0 Å². The van der Waals surface area contributed by atoms with E-state index >= 15 is 0 Å². The number of fused-ring (bicyclic) bond motifs is 1. The topological polar surface area (TPSA) is 47.0 Å². The van der Waals surface area contributed by atoms with Crippen molar-refractivity contribution >= 4 is 22.6 Å². The van der Waals surface area contributed by atoms with E-state index in [0.29, 0.717) is 17.5 Å². The molecule has 1 saturated heterocycles. The fourth-order valence-corrected chi connectivity index (χ4v) is 2.84. The second kappa shape index (κ2) is 4.78. The van der Waals surface area contributed by atoms with Gasteiger partial charge in [-0.1, -0.05) is 17.7 Å². The van der Waals surface area contributed by atoms with Gasteiger partial charge in [0.2, 0.25) is 0 Å². The van der Waals surface area contributed by atoms with E-state index in [0.717, 1.165) is 37.1 Å². The van der Waals surface area contributed by atoms with Gasteiger partial charge in [0, 0.05) is 19.1 Å². The minimum Gasteiger partial charge on any atom is -0.381 e. The number of halogens is 1. The van der Waals surface area contributed by atoms with Crippen molar-refractivity contribution in [2.24, 2.45) is 5.92 Å². The normalized spacial score (nSPS) is 20.4. The average molecular weight is 267 g/mol. The quantitative estimate of drug-likeness (QED) is 0.907. The lowest BCUT2D eigenvalue weighted by molar-refractivity contribution is 0.0485. The highest BCUT2D eigenvalue weighted by atomic mass is 35.5. The smallest absolute Gasteiger partial charge is 0.326 e. The molecule has 4 nitrogen and oxygen atoms in total. The molecule has 2 heterocycles. The third kappa shape index (κ3) is 2.06. The molecule has 3 rings (SSSR count). The summed E-state index contributed by atoms with van der Waals surface area (Å²) in [7, 11) is 0. The Bertz CT molecular complexity index is 611. The van der Waals surface area contributed by atoms with E-state index in [4.69, 9.17) is 16.3 Å². The zero-order valence-electron chi connectivity index (χ0n) is 9.99. The Morgan fingerprint density at radius 2 is 2.39 bits per heavy atom. The van der Waals surface area contributed by atoms with Crippen LogP contribution in [0, 0.1) is 5.92 Å². The summed E-state index contributed by atoms with van der Waals surface area (Å²) < 4.78 is 7.19. The molecule has 1 fully saturated rings. The molecular formula is C13H15ClN2O2. The third-order valence-electron chi connectivity index (χ3n) is 3.44. The standard InChI is InChI=1S/C13H15ClN2O2/c14-10-4-1-5-11-12(10)16(13(17)15-11)7-9-3-2-6-18-8-9/h1,4-5,9H,2-3,6-8H2,(H,15,17). The van der Waals surface area contributed by atoms with Crippen LogP contribution in [0.2, 0.25) is 5.02 Å². The number of nitrogens with zero attached hydrogens (tertiary/aromatic N) is 1. The van der Waals surface area contributed by atoms with Gasteiger partial charge in [-0.25, -0.2) is 4.79 Å². The lowest BCUT2D eigenvalue weighted by Crippen LogP contribution is -2.27. The van der Waals surface area contributed by atoms with Crippen LogP contribution >= 0.6 is 11.6 Å². The zero-order valence-corrected chi connectivity index (χ0v) is 10.7. The predicted octanol–water partition coefficient (Wildman–Crippen LogP) is 2.41. The van der Waals surface area contributed by atoms with Crippen LogP contribution in [-0.4, -0.2) is 22.8 Å². The summed E-state index contributed by atoms with van der Waals surface area (Å²) in [5.41, 5.74) is 1.50. The van der Waals surface area contributed by atoms with Gasteiger partial charge in [0.25, 0.3) is 0 Å². The molecule has 1 aromatic carbocycles. The number of ether oxygens (including phenoxy) is 1. The fourth-order valence-electron chi connectivity index (χ4n) is 2.56. The van der Waals surface area contributed by atoms with Gasteiger partial charge in [0.1, 0.15) is 0 Å². The van der Waals surface area contributed by atoms with E-state index in [9.17, 15) is 4.79 Å². The molecule has 0 bridgehead atoms. The Morgan fingerprint density at radius 1 is 1.50 bits per heavy atom. The number of hydrogen-bond acceptors (Lipinski definition) is 2. The Balaban J connectivity index is 2.00. The molecule has 0 amide bonds. The van der Waals surface area contributed by atoms with Crippen molar-refractivity contribution in [3.8, 4) is 0 Å². The van der Waals surface area contributed by atoms with Crippen molar-refractivity contribution in [2.45, 2.75) is 19.4 Å². The first-order chi connectivity index (χ1) is 8.75. The molecule has 1 atom stereocenters. The number of hydrogen-bond donors (Lipinski definition) is 1. The van der Waals surface area contributed by atoms with E-state index in [-0.39, 0.29) is 5.69 Å². The van der Waals surface area contributed by atoms with Crippen LogP contribution in [0.5, 0.6) is 0 Å². The summed E-state index contributed by atoms with van der Waals surface area (Å²) in [6, 6.07) is 5.52. The maximum Gasteiger partial charge on any atom is 0.326 e. The Kier molecular flexibility index (Phi) is 3.14. The van der Waals surface area contributed by atoms with Crippen molar-refractivity contribution in [2.75, 3.05) is 13.2 Å². The van der Waals surface area contributed by atoms with Gasteiger partial charge in [0.15, 0.2) is 0 Å². The van der Waals surface area contributed by atoms with Crippen molar-refractivity contribution in [3.05, 3.63) is 33.7 Å². The van der Waals surface area contributed by atoms with Crippen LogP contribution in [-0.2, 0) is 11.3 Å². The largest absolute Gasteiger partial charge is 0.381 e. The molecule has 0 saturated carbocycles. The number of H-pyrrole nitrogens is 1. The highest BCUT2D eigenvalue weighted by Gasteiger charge is 2.18. The molecule has 5 heteroatoms. The van der Waals surface area contributed by atoms with Gasteiger partial charge in [-0.05, 0) is 25.0 Å². The maximum atomic E-state index is 12.0. The number of imidazole rings is 1. The first-order valence-corrected chi connectivity index (χ1v) is 6.58.